The lowest BCUT2D eigenvalue weighted by molar-refractivity contribution is 0.0638. The Kier molecular flexibility index (Phi) is 6.64. The number of carbonyl (C=O) groups excluding carboxylic acids is 1. The quantitative estimate of drug-likeness (QED) is 0.726. The summed E-state index contributed by atoms with van der Waals surface area (Å²) in [6.45, 7) is 5.43. The molecule has 29 heavy (non-hydrogen) atoms. The summed E-state index contributed by atoms with van der Waals surface area (Å²) in [5.74, 6) is 0.335. The van der Waals surface area contributed by atoms with E-state index in [2.05, 4.69) is 34.1 Å². The highest BCUT2D eigenvalue weighted by molar-refractivity contribution is 6.32. The lowest BCUT2D eigenvalue weighted by Crippen LogP contribution is -2.49. The molecule has 0 radical (unpaired) electrons. The molecule has 1 aromatic heterocycles. The fourth-order valence-electron chi connectivity index (χ4n) is 3.68. The first-order valence-electron chi connectivity index (χ1n) is 10.1. The summed E-state index contributed by atoms with van der Waals surface area (Å²) in [6, 6.07) is 12.2. The van der Waals surface area contributed by atoms with Gasteiger partial charge in [0, 0.05) is 45.3 Å². The maximum atomic E-state index is 12.8. The smallest absolute Gasteiger partial charge is 0.255 e. The molecule has 0 unspecified atom stereocenters. The van der Waals surface area contributed by atoms with E-state index in [4.69, 9.17) is 21.1 Å². The first-order valence-corrected chi connectivity index (χ1v) is 10.5. The van der Waals surface area contributed by atoms with Gasteiger partial charge in [-0.25, -0.2) is 4.98 Å². The van der Waals surface area contributed by atoms with Crippen LogP contribution in [0.2, 0.25) is 5.02 Å². The molecular formula is C22H26ClN3O3. The number of halogens is 1. The number of rotatable bonds is 6. The Morgan fingerprint density at radius 1 is 1.21 bits per heavy atom. The molecule has 2 aliphatic rings. The normalized spacial score (nSPS) is 20.0. The molecule has 0 spiro atoms. The van der Waals surface area contributed by atoms with Crippen LogP contribution >= 0.6 is 11.6 Å². The summed E-state index contributed by atoms with van der Waals surface area (Å²) >= 11 is 6.31. The fourth-order valence-corrected chi connectivity index (χ4v) is 3.89. The van der Waals surface area contributed by atoms with Crippen LogP contribution in [0.15, 0.2) is 42.6 Å². The van der Waals surface area contributed by atoms with Gasteiger partial charge in [-0.05, 0) is 18.1 Å². The lowest BCUT2D eigenvalue weighted by Gasteiger charge is -2.34. The average molecular weight is 416 g/mol. The highest BCUT2D eigenvalue weighted by Gasteiger charge is 2.24. The van der Waals surface area contributed by atoms with Crippen LogP contribution in [0.25, 0.3) is 0 Å². The molecule has 7 heteroatoms. The molecule has 0 N–H and O–H groups in total. The molecule has 2 saturated heterocycles. The van der Waals surface area contributed by atoms with Gasteiger partial charge in [-0.15, -0.1) is 0 Å². The lowest BCUT2D eigenvalue weighted by atomic mass is 10.1. The molecule has 3 heterocycles. The summed E-state index contributed by atoms with van der Waals surface area (Å²) in [4.78, 5) is 21.4. The number of amides is 1. The zero-order chi connectivity index (χ0) is 20.1. The Bertz CT molecular complexity index is 819. The number of piperazine rings is 1. The molecule has 0 saturated carbocycles. The molecule has 0 bridgehead atoms. The van der Waals surface area contributed by atoms with Gasteiger partial charge in [-0.1, -0.05) is 41.9 Å². The second-order valence-electron chi connectivity index (χ2n) is 7.48. The largest absolute Gasteiger partial charge is 0.471 e. The molecule has 1 atom stereocenters. The first kappa shape index (κ1) is 20.1. The minimum Gasteiger partial charge on any atom is -0.471 e. The third kappa shape index (κ3) is 5.26. The molecule has 2 fully saturated rings. The van der Waals surface area contributed by atoms with Gasteiger partial charge in [-0.3, -0.25) is 9.69 Å². The molecular weight excluding hydrogens is 390 g/mol. The third-order valence-electron chi connectivity index (χ3n) is 5.44. The van der Waals surface area contributed by atoms with Crippen LogP contribution in [-0.2, 0) is 11.2 Å². The third-order valence-corrected chi connectivity index (χ3v) is 5.71. The Morgan fingerprint density at radius 2 is 2.00 bits per heavy atom. The van der Waals surface area contributed by atoms with E-state index in [0.717, 1.165) is 32.5 Å². The van der Waals surface area contributed by atoms with E-state index >= 15 is 0 Å². The SMILES string of the molecule is O=C(c1cnc(O[C@@H]2CCOC2)c(Cl)c1)N1CCN(CCc2ccccc2)CC1. The molecule has 2 aliphatic heterocycles. The van der Waals surface area contributed by atoms with E-state index in [1.807, 2.05) is 11.0 Å². The van der Waals surface area contributed by atoms with Crippen LogP contribution in [0.1, 0.15) is 22.3 Å². The number of carbonyl (C=O) groups is 1. The van der Waals surface area contributed by atoms with Gasteiger partial charge in [0.2, 0.25) is 5.88 Å². The second kappa shape index (κ2) is 9.57. The Labute approximate surface area is 176 Å². The number of hydrogen-bond donors (Lipinski definition) is 0. The van der Waals surface area contributed by atoms with Crippen LogP contribution < -0.4 is 4.74 Å². The van der Waals surface area contributed by atoms with E-state index in [9.17, 15) is 4.79 Å². The average Bonchev–Trinajstić information content (AvgIpc) is 3.27. The minimum atomic E-state index is -0.0298. The van der Waals surface area contributed by atoms with Gasteiger partial charge in [0.05, 0.1) is 18.8 Å². The number of hydrogen-bond acceptors (Lipinski definition) is 5. The molecule has 154 valence electrons. The molecule has 2 aromatic rings. The van der Waals surface area contributed by atoms with Crippen LogP contribution in [0.4, 0.5) is 0 Å². The van der Waals surface area contributed by atoms with E-state index in [1.165, 1.54) is 5.56 Å². The number of aromatic nitrogens is 1. The number of benzene rings is 1. The standard InChI is InChI=1S/C22H26ClN3O3/c23-20-14-18(15-24-21(20)29-19-7-13-28-16-19)22(27)26-11-9-25(10-12-26)8-6-17-4-2-1-3-5-17/h1-5,14-15,19H,6-13,16H2/t19-/m1/s1. The highest BCUT2D eigenvalue weighted by atomic mass is 35.5. The molecule has 1 amide bonds. The second-order valence-corrected chi connectivity index (χ2v) is 7.89. The zero-order valence-corrected chi connectivity index (χ0v) is 17.2. The van der Waals surface area contributed by atoms with Crippen molar-refractivity contribution in [3.8, 4) is 5.88 Å². The van der Waals surface area contributed by atoms with Gasteiger partial charge in [0.15, 0.2) is 0 Å². The summed E-state index contributed by atoms with van der Waals surface area (Å²) in [5.41, 5.74) is 1.85. The Morgan fingerprint density at radius 3 is 2.69 bits per heavy atom. The number of pyridine rings is 1. The van der Waals surface area contributed by atoms with E-state index in [1.54, 1.807) is 12.3 Å². The number of nitrogens with zero attached hydrogens (tertiary/aromatic N) is 3. The predicted molar refractivity (Wildman–Crippen MR) is 112 cm³/mol. The monoisotopic (exact) mass is 415 g/mol. The van der Waals surface area contributed by atoms with Crippen molar-refractivity contribution in [2.75, 3.05) is 45.9 Å². The summed E-state index contributed by atoms with van der Waals surface area (Å²) < 4.78 is 11.1. The van der Waals surface area contributed by atoms with Crippen molar-refractivity contribution in [1.29, 1.82) is 0 Å². The van der Waals surface area contributed by atoms with Crippen molar-refractivity contribution in [2.24, 2.45) is 0 Å². The van der Waals surface area contributed by atoms with Crippen LogP contribution in [-0.4, -0.2) is 72.7 Å². The van der Waals surface area contributed by atoms with Crippen molar-refractivity contribution in [2.45, 2.75) is 18.9 Å². The summed E-state index contributed by atoms with van der Waals surface area (Å²) in [5, 5.41) is 0.365. The van der Waals surface area contributed by atoms with Gasteiger partial charge in [-0.2, -0.15) is 0 Å². The van der Waals surface area contributed by atoms with Crippen LogP contribution in [0, 0.1) is 0 Å². The highest BCUT2D eigenvalue weighted by Crippen LogP contribution is 2.25. The van der Waals surface area contributed by atoms with Gasteiger partial charge in [0.25, 0.3) is 5.91 Å². The van der Waals surface area contributed by atoms with E-state index in [0.29, 0.717) is 42.8 Å². The molecule has 6 nitrogen and oxygen atoms in total. The van der Waals surface area contributed by atoms with Crippen molar-refractivity contribution in [3.05, 3.63) is 58.7 Å². The van der Waals surface area contributed by atoms with Crippen molar-refractivity contribution >= 4 is 17.5 Å². The van der Waals surface area contributed by atoms with Gasteiger partial charge >= 0.3 is 0 Å². The molecule has 0 aliphatic carbocycles. The Balaban J connectivity index is 1.28. The maximum absolute atomic E-state index is 12.8. The van der Waals surface area contributed by atoms with Crippen LogP contribution in [0.3, 0.4) is 0 Å². The van der Waals surface area contributed by atoms with Crippen LogP contribution in [0.5, 0.6) is 5.88 Å². The predicted octanol–water partition coefficient (Wildman–Crippen LogP) is 2.90. The zero-order valence-electron chi connectivity index (χ0n) is 16.4. The number of ether oxygens (including phenoxy) is 2. The molecule has 1 aromatic carbocycles. The molecule has 4 rings (SSSR count). The summed E-state index contributed by atoms with van der Waals surface area (Å²) in [6.07, 6.45) is 3.39. The topological polar surface area (TPSA) is 54.9 Å². The van der Waals surface area contributed by atoms with E-state index in [-0.39, 0.29) is 12.0 Å². The summed E-state index contributed by atoms with van der Waals surface area (Å²) in [7, 11) is 0. The van der Waals surface area contributed by atoms with Crippen molar-refractivity contribution in [3.63, 3.8) is 0 Å². The maximum Gasteiger partial charge on any atom is 0.255 e. The van der Waals surface area contributed by atoms with Gasteiger partial charge in [0.1, 0.15) is 11.1 Å². The van der Waals surface area contributed by atoms with Gasteiger partial charge < -0.3 is 14.4 Å². The first-order chi connectivity index (χ1) is 14.2. The van der Waals surface area contributed by atoms with Crippen molar-refractivity contribution in [1.82, 2.24) is 14.8 Å². The fraction of sp³-hybridized carbons (Fsp3) is 0.455. The Hall–Kier alpha value is -2.15. The van der Waals surface area contributed by atoms with E-state index < -0.39 is 0 Å². The minimum absolute atomic E-state index is 0.0227. The van der Waals surface area contributed by atoms with Crippen molar-refractivity contribution < 1.29 is 14.3 Å².